The zero-order valence-electron chi connectivity index (χ0n) is 34.1. The summed E-state index contributed by atoms with van der Waals surface area (Å²) in [5, 5.41) is 10.3. The number of nitrogens with zero attached hydrogens (tertiary/aromatic N) is 3. The van der Waals surface area contributed by atoms with Gasteiger partial charge in [-0.05, 0) is 60.2 Å². The molecule has 0 saturated heterocycles. The van der Waals surface area contributed by atoms with Crippen molar-refractivity contribution in [1.29, 1.82) is 0 Å². The highest BCUT2D eigenvalue weighted by atomic mass is 32.1. The van der Waals surface area contributed by atoms with E-state index in [1.165, 1.54) is 118 Å². The van der Waals surface area contributed by atoms with E-state index in [2.05, 4.69) is 216 Å². The van der Waals surface area contributed by atoms with Crippen LogP contribution >= 0.6 is 22.7 Å². The van der Waals surface area contributed by atoms with Crippen LogP contribution in [0.3, 0.4) is 0 Å². The van der Waals surface area contributed by atoms with Gasteiger partial charge < -0.3 is 14.0 Å². The van der Waals surface area contributed by atoms with E-state index in [4.69, 9.17) is 0 Å². The number of aromatic nitrogens is 2. The molecule has 292 valence electrons. The summed E-state index contributed by atoms with van der Waals surface area (Å²) < 4.78 is 10.4. The quantitative estimate of drug-likeness (QED) is 0.173. The molecule has 0 unspecified atom stereocenters. The highest BCUT2D eigenvalue weighted by Crippen LogP contribution is 2.58. The Bertz CT molecular complexity index is 4030. The van der Waals surface area contributed by atoms with E-state index in [1.807, 2.05) is 22.7 Å². The van der Waals surface area contributed by atoms with Crippen molar-refractivity contribution in [1.82, 2.24) is 9.13 Å². The number of thiophene rings is 2. The minimum atomic E-state index is -0.408. The van der Waals surface area contributed by atoms with Crippen molar-refractivity contribution in [3.63, 3.8) is 0 Å². The standard InChI is InChI=1S/C57H37N3S2/c1-57(2)43-32-30-40-36-19-7-11-25-45(36)60(48-27-15-23-42-38-21-9-13-29-50(38)62-56(42)48)53(40)54(43)58(34-16-4-3-5-17-34)46-33-31-39-35-18-6-10-24-44(35)59(52(39)51(46)57)47-26-14-22-41-37-20-8-12-28-49(37)61-55(41)47/h3-33H,1-2H3. The molecule has 0 radical (unpaired) electrons. The molecule has 1 aliphatic heterocycles. The van der Waals surface area contributed by atoms with E-state index in [1.54, 1.807) is 0 Å². The van der Waals surface area contributed by atoms with Crippen LogP contribution in [0.1, 0.15) is 25.0 Å². The summed E-state index contributed by atoms with van der Waals surface area (Å²) in [7, 11) is 0. The van der Waals surface area contributed by atoms with Gasteiger partial charge in [-0.25, -0.2) is 0 Å². The fourth-order valence-corrected chi connectivity index (χ4v) is 13.5. The Labute approximate surface area is 365 Å². The van der Waals surface area contributed by atoms with Gasteiger partial charge in [0.1, 0.15) is 0 Å². The number of hydrogen-bond acceptors (Lipinski definition) is 3. The Morgan fingerprint density at radius 2 is 0.855 bits per heavy atom. The average molecular weight is 828 g/mol. The second-order valence-electron chi connectivity index (χ2n) is 17.2. The zero-order valence-corrected chi connectivity index (χ0v) is 35.7. The van der Waals surface area contributed by atoms with E-state index in [-0.39, 0.29) is 0 Å². The molecule has 0 aliphatic carbocycles. The highest BCUT2D eigenvalue weighted by molar-refractivity contribution is 7.26. The normalized spacial score (nSPS) is 13.7. The van der Waals surface area contributed by atoms with Crippen LogP contribution in [-0.2, 0) is 5.41 Å². The third kappa shape index (κ3) is 4.44. The van der Waals surface area contributed by atoms with Crippen LogP contribution in [0.5, 0.6) is 0 Å². The first-order chi connectivity index (χ1) is 30.6. The molecule has 3 nitrogen and oxygen atoms in total. The van der Waals surface area contributed by atoms with Gasteiger partial charge in [-0.1, -0.05) is 147 Å². The van der Waals surface area contributed by atoms with Gasteiger partial charge in [-0.15, -0.1) is 22.7 Å². The molecule has 0 spiro atoms. The number of anilines is 3. The van der Waals surface area contributed by atoms with Gasteiger partial charge in [-0.3, -0.25) is 0 Å². The Kier molecular flexibility index (Phi) is 6.93. The monoisotopic (exact) mass is 827 g/mol. The van der Waals surface area contributed by atoms with Crippen molar-refractivity contribution < 1.29 is 0 Å². The number of benzene rings is 9. The molecular weight excluding hydrogens is 791 g/mol. The Morgan fingerprint density at radius 3 is 1.47 bits per heavy atom. The molecule has 5 heterocycles. The van der Waals surface area contributed by atoms with Gasteiger partial charge in [0.05, 0.1) is 54.2 Å². The largest absolute Gasteiger partial charge is 0.308 e. The molecule has 0 saturated carbocycles. The van der Waals surface area contributed by atoms with Gasteiger partial charge in [0.15, 0.2) is 0 Å². The van der Waals surface area contributed by atoms with E-state index in [9.17, 15) is 0 Å². The molecule has 0 bridgehead atoms. The molecule has 0 amide bonds. The van der Waals surface area contributed by atoms with Gasteiger partial charge >= 0.3 is 0 Å². The number of rotatable bonds is 3. The molecule has 0 atom stereocenters. The fourth-order valence-electron chi connectivity index (χ4n) is 11.0. The van der Waals surface area contributed by atoms with Crippen LogP contribution in [0, 0.1) is 0 Å². The molecule has 0 fully saturated rings. The molecule has 4 aromatic heterocycles. The second-order valence-corrected chi connectivity index (χ2v) is 19.3. The van der Waals surface area contributed by atoms with Crippen molar-refractivity contribution in [3.8, 4) is 11.4 Å². The molecule has 5 heteroatoms. The van der Waals surface area contributed by atoms with Crippen molar-refractivity contribution in [2.45, 2.75) is 19.3 Å². The van der Waals surface area contributed by atoms with Crippen LogP contribution in [-0.4, -0.2) is 9.13 Å². The molecule has 13 aromatic rings. The van der Waals surface area contributed by atoms with Crippen LogP contribution in [0.2, 0.25) is 0 Å². The van der Waals surface area contributed by atoms with Gasteiger partial charge in [-0.2, -0.15) is 0 Å². The van der Waals surface area contributed by atoms with E-state index in [0.29, 0.717) is 0 Å². The highest BCUT2D eigenvalue weighted by Gasteiger charge is 2.42. The second kappa shape index (κ2) is 12.5. The lowest BCUT2D eigenvalue weighted by Crippen LogP contribution is -2.31. The smallest absolute Gasteiger partial charge is 0.0786 e. The van der Waals surface area contributed by atoms with Gasteiger partial charge in [0.2, 0.25) is 0 Å². The fraction of sp³-hybridized carbons (Fsp3) is 0.0526. The van der Waals surface area contributed by atoms with E-state index >= 15 is 0 Å². The summed E-state index contributed by atoms with van der Waals surface area (Å²) in [6, 6.07) is 70.1. The molecule has 62 heavy (non-hydrogen) atoms. The molecular formula is C57H37N3S2. The molecule has 1 aliphatic rings. The maximum atomic E-state index is 2.59. The minimum Gasteiger partial charge on any atom is -0.308 e. The first kappa shape index (κ1) is 34.5. The van der Waals surface area contributed by atoms with Crippen molar-refractivity contribution >= 4 is 124 Å². The Hall–Kier alpha value is -7.18. The van der Waals surface area contributed by atoms with E-state index < -0.39 is 5.41 Å². The summed E-state index contributed by atoms with van der Waals surface area (Å²) in [5.74, 6) is 0. The van der Waals surface area contributed by atoms with E-state index in [0.717, 1.165) is 5.69 Å². The summed E-state index contributed by atoms with van der Waals surface area (Å²) in [6.07, 6.45) is 0. The third-order valence-corrected chi connectivity index (χ3v) is 16.1. The van der Waals surface area contributed by atoms with Gasteiger partial charge in [0.25, 0.3) is 0 Å². The first-order valence-electron chi connectivity index (χ1n) is 21.4. The Morgan fingerprint density at radius 1 is 0.371 bits per heavy atom. The average Bonchev–Trinajstić information content (AvgIpc) is 4.07. The SMILES string of the molecule is CC1(C)c2ccc3c4ccccc4n(-c4cccc5c4sc4ccccc45)c3c2N(c2ccccc2)c2ccc3c4ccccc4n(-c4cccc5c4sc4ccccc45)c3c21. The van der Waals surface area contributed by atoms with Crippen molar-refractivity contribution in [2.24, 2.45) is 0 Å². The van der Waals surface area contributed by atoms with Crippen molar-refractivity contribution in [3.05, 3.63) is 199 Å². The van der Waals surface area contributed by atoms with Crippen LogP contribution in [0.15, 0.2) is 188 Å². The summed E-state index contributed by atoms with van der Waals surface area (Å²) in [4.78, 5) is 2.58. The van der Waals surface area contributed by atoms with Crippen LogP contribution in [0.4, 0.5) is 17.1 Å². The first-order valence-corrected chi connectivity index (χ1v) is 23.0. The zero-order chi connectivity index (χ0) is 40.8. The lowest BCUT2D eigenvalue weighted by molar-refractivity contribution is 0.636. The topological polar surface area (TPSA) is 13.1 Å². The summed E-state index contributed by atoms with van der Waals surface area (Å²) >= 11 is 3.79. The molecule has 14 rings (SSSR count). The summed E-state index contributed by atoms with van der Waals surface area (Å²) in [6.45, 7) is 4.92. The lowest BCUT2D eigenvalue weighted by Gasteiger charge is -2.43. The predicted octanol–water partition coefficient (Wildman–Crippen LogP) is 16.7. The van der Waals surface area contributed by atoms with Crippen LogP contribution in [0.25, 0.3) is 95.3 Å². The minimum absolute atomic E-state index is 0.408. The van der Waals surface area contributed by atoms with Crippen molar-refractivity contribution in [2.75, 3.05) is 4.90 Å². The predicted molar refractivity (Wildman–Crippen MR) is 268 cm³/mol. The van der Waals surface area contributed by atoms with Gasteiger partial charge in [0, 0.05) is 69.2 Å². The molecule has 0 N–H and O–H groups in total. The summed E-state index contributed by atoms with van der Waals surface area (Å²) in [5.41, 5.74) is 13.2. The maximum Gasteiger partial charge on any atom is 0.0786 e. The number of hydrogen-bond donors (Lipinski definition) is 0. The lowest BCUT2D eigenvalue weighted by atomic mass is 9.72. The number of para-hydroxylation sites is 3. The Balaban J connectivity index is 1.15. The maximum absolute atomic E-state index is 2.59. The number of fused-ring (bicyclic) bond motifs is 16. The third-order valence-electron chi connectivity index (χ3n) is 13.7. The molecule has 9 aromatic carbocycles. The van der Waals surface area contributed by atoms with Crippen LogP contribution < -0.4 is 4.90 Å².